The average molecular weight is 310 g/mol. The van der Waals surface area contributed by atoms with Gasteiger partial charge in [-0.25, -0.2) is 0 Å². The van der Waals surface area contributed by atoms with Crippen LogP contribution in [0.5, 0.6) is 5.75 Å². The molecule has 0 aliphatic carbocycles. The average Bonchev–Trinajstić information content (AvgIpc) is 2.55. The number of hydrogen-bond acceptors (Lipinski definition) is 3. The van der Waals surface area contributed by atoms with Crippen LogP contribution in [0.3, 0.4) is 0 Å². The van der Waals surface area contributed by atoms with Crippen LogP contribution in [-0.4, -0.2) is 18.9 Å². The monoisotopic (exact) mass is 310 g/mol. The molecule has 0 radical (unpaired) electrons. The van der Waals surface area contributed by atoms with Crippen molar-refractivity contribution in [2.75, 3.05) is 17.7 Å². The third-order valence-electron chi connectivity index (χ3n) is 3.01. The van der Waals surface area contributed by atoms with Crippen molar-refractivity contribution in [1.29, 1.82) is 0 Å². The zero-order valence-corrected chi connectivity index (χ0v) is 13.0. The highest BCUT2D eigenvalue weighted by atomic mass is 16.5. The Labute approximate surface area is 135 Å². The second kappa shape index (κ2) is 7.79. The normalized spacial score (nSPS) is 10.3. The molecule has 0 saturated carbocycles. The first-order valence-electron chi connectivity index (χ1n) is 7.08. The Morgan fingerprint density at radius 2 is 1.78 bits per heavy atom. The van der Waals surface area contributed by atoms with Crippen molar-refractivity contribution < 1.29 is 14.3 Å². The van der Waals surface area contributed by atoms with Gasteiger partial charge in [0, 0.05) is 24.8 Å². The van der Waals surface area contributed by atoms with E-state index in [-0.39, 0.29) is 11.8 Å². The minimum Gasteiger partial charge on any atom is -0.494 e. The molecule has 0 fully saturated rings. The number of benzene rings is 2. The van der Waals surface area contributed by atoms with Crippen molar-refractivity contribution in [3.63, 3.8) is 0 Å². The summed E-state index contributed by atoms with van der Waals surface area (Å²) in [6, 6.07) is 14.6. The van der Waals surface area contributed by atoms with Gasteiger partial charge in [-0.15, -0.1) is 0 Å². The minimum absolute atomic E-state index is 0.189. The molecule has 0 aromatic heterocycles. The van der Waals surface area contributed by atoms with Crippen LogP contribution in [-0.2, 0) is 9.59 Å². The number of nitrogens with one attached hydrogen (secondary N) is 2. The summed E-state index contributed by atoms with van der Waals surface area (Å²) in [6.45, 7) is 1.42. The van der Waals surface area contributed by atoms with Gasteiger partial charge in [-0.2, -0.15) is 0 Å². The first-order chi connectivity index (χ1) is 11.1. The lowest BCUT2D eigenvalue weighted by atomic mass is 10.2. The molecule has 2 aromatic rings. The molecule has 118 valence electrons. The number of amides is 2. The first kappa shape index (κ1) is 16.3. The molecule has 0 saturated heterocycles. The summed E-state index contributed by atoms with van der Waals surface area (Å²) >= 11 is 0. The topological polar surface area (TPSA) is 67.4 Å². The Balaban J connectivity index is 2.06. The van der Waals surface area contributed by atoms with Gasteiger partial charge in [0.1, 0.15) is 5.75 Å². The van der Waals surface area contributed by atoms with E-state index in [1.54, 1.807) is 24.3 Å². The molecule has 2 amide bonds. The number of carbonyl (C=O) groups excluding carboxylic acids is 2. The number of methoxy groups -OCH3 is 1. The lowest BCUT2D eigenvalue weighted by molar-refractivity contribution is -0.114. The maximum atomic E-state index is 11.9. The predicted octanol–water partition coefficient (Wildman–Crippen LogP) is 3.31. The largest absolute Gasteiger partial charge is 0.494 e. The SMILES string of the molecule is COc1cc(NC(=O)C=Cc2ccccc2)ccc1NC(C)=O. The van der Waals surface area contributed by atoms with E-state index in [1.807, 2.05) is 30.3 Å². The smallest absolute Gasteiger partial charge is 0.248 e. The minimum atomic E-state index is -0.247. The van der Waals surface area contributed by atoms with E-state index in [0.717, 1.165) is 5.56 Å². The lowest BCUT2D eigenvalue weighted by Crippen LogP contribution is -2.10. The molecule has 23 heavy (non-hydrogen) atoms. The van der Waals surface area contributed by atoms with Crippen LogP contribution in [0, 0.1) is 0 Å². The molecule has 5 nitrogen and oxygen atoms in total. The Morgan fingerprint density at radius 1 is 1.04 bits per heavy atom. The maximum Gasteiger partial charge on any atom is 0.248 e. The van der Waals surface area contributed by atoms with E-state index in [1.165, 1.54) is 20.1 Å². The van der Waals surface area contributed by atoms with Crippen LogP contribution >= 0.6 is 0 Å². The molecular formula is C18H18N2O3. The quantitative estimate of drug-likeness (QED) is 0.833. The standard InChI is InChI=1S/C18H18N2O3/c1-13(21)19-16-10-9-15(12-17(16)23-2)20-18(22)11-8-14-6-4-3-5-7-14/h3-12H,1-2H3,(H,19,21)(H,20,22). The van der Waals surface area contributed by atoms with Gasteiger partial charge in [0.05, 0.1) is 12.8 Å². The van der Waals surface area contributed by atoms with Gasteiger partial charge in [-0.1, -0.05) is 30.3 Å². The molecule has 0 atom stereocenters. The third-order valence-corrected chi connectivity index (χ3v) is 3.01. The van der Waals surface area contributed by atoms with Crippen molar-refractivity contribution in [3.05, 3.63) is 60.2 Å². The molecular weight excluding hydrogens is 292 g/mol. The van der Waals surface area contributed by atoms with Gasteiger partial charge < -0.3 is 15.4 Å². The number of rotatable bonds is 5. The molecule has 2 rings (SSSR count). The second-order valence-corrected chi connectivity index (χ2v) is 4.83. The molecule has 0 spiro atoms. The van der Waals surface area contributed by atoms with Gasteiger partial charge in [-0.05, 0) is 23.8 Å². The summed E-state index contributed by atoms with van der Waals surface area (Å²) in [5.74, 6) is 0.0408. The number of ether oxygens (including phenoxy) is 1. The van der Waals surface area contributed by atoms with E-state index >= 15 is 0 Å². The van der Waals surface area contributed by atoms with Crippen molar-refractivity contribution >= 4 is 29.3 Å². The Bertz CT molecular complexity index is 724. The van der Waals surface area contributed by atoms with Gasteiger partial charge in [0.2, 0.25) is 11.8 Å². The second-order valence-electron chi connectivity index (χ2n) is 4.83. The summed E-state index contributed by atoms with van der Waals surface area (Å²) in [4.78, 5) is 23.1. The Morgan fingerprint density at radius 3 is 2.43 bits per heavy atom. The van der Waals surface area contributed by atoms with Crippen LogP contribution in [0.2, 0.25) is 0 Å². The van der Waals surface area contributed by atoms with E-state index in [9.17, 15) is 9.59 Å². The third kappa shape index (κ3) is 5.00. The Kier molecular flexibility index (Phi) is 5.52. The predicted molar refractivity (Wildman–Crippen MR) is 91.4 cm³/mol. The zero-order valence-electron chi connectivity index (χ0n) is 13.0. The van der Waals surface area contributed by atoms with Crippen LogP contribution in [0.4, 0.5) is 11.4 Å². The molecule has 2 N–H and O–H groups in total. The van der Waals surface area contributed by atoms with E-state index in [4.69, 9.17) is 4.74 Å². The molecule has 5 heteroatoms. The zero-order chi connectivity index (χ0) is 16.7. The molecule has 0 heterocycles. The fourth-order valence-electron chi connectivity index (χ4n) is 1.98. The van der Waals surface area contributed by atoms with Crippen LogP contribution in [0.1, 0.15) is 12.5 Å². The van der Waals surface area contributed by atoms with Gasteiger partial charge in [-0.3, -0.25) is 9.59 Å². The highest BCUT2D eigenvalue weighted by Gasteiger charge is 2.07. The summed E-state index contributed by atoms with van der Waals surface area (Å²) in [6.07, 6.45) is 3.20. The van der Waals surface area contributed by atoms with Gasteiger partial charge in [0.15, 0.2) is 0 Å². The summed E-state index contributed by atoms with van der Waals surface area (Å²) in [5.41, 5.74) is 2.08. The summed E-state index contributed by atoms with van der Waals surface area (Å²) < 4.78 is 5.21. The summed E-state index contributed by atoms with van der Waals surface area (Å²) in [5, 5.41) is 5.41. The van der Waals surface area contributed by atoms with Crippen LogP contribution in [0.25, 0.3) is 6.08 Å². The van der Waals surface area contributed by atoms with Crippen LogP contribution < -0.4 is 15.4 Å². The number of anilines is 2. The fraction of sp³-hybridized carbons (Fsp3) is 0.111. The molecule has 0 aliphatic rings. The molecule has 0 unspecified atom stereocenters. The maximum absolute atomic E-state index is 11.9. The van der Waals surface area contributed by atoms with Gasteiger partial charge >= 0.3 is 0 Å². The first-order valence-corrected chi connectivity index (χ1v) is 7.08. The van der Waals surface area contributed by atoms with Gasteiger partial charge in [0.25, 0.3) is 0 Å². The van der Waals surface area contributed by atoms with E-state index in [0.29, 0.717) is 17.1 Å². The van der Waals surface area contributed by atoms with Crippen molar-refractivity contribution in [2.45, 2.75) is 6.92 Å². The fourth-order valence-corrected chi connectivity index (χ4v) is 1.98. The van der Waals surface area contributed by atoms with E-state index < -0.39 is 0 Å². The van der Waals surface area contributed by atoms with Crippen LogP contribution in [0.15, 0.2) is 54.6 Å². The number of hydrogen-bond donors (Lipinski definition) is 2. The Hall–Kier alpha value is -3.08. The van der Waals surface area contributed by atoms with E-state index in [2.05, 4.69) is 10.6 Å². The molecule has 0 aliphatic heterocycles. The van der Waals surface area contributed by atoms with Crippen molar-refractivity contribution in [2.24, 2.45) is 0 Å². The highest BCUT2D eigenvalue weighted by molar-refractivity contribution is 6.02. The van der Waals surface area contributed by atoms with Crippen molar-refractivity contribution in [3.8, 4) is 5.75 Å². The number of carbonyl (C=O) groups is 2. The molecule has 2 aromatic carbocycles. The lowest BCUT2D eigenvalue weighted by Gasteiger charge is -2.11. The van der Waals surface area contributed by atoms with Crippen molar-refractivity contribution in [1.82, 2.24) is 0 Å². The molecule has 0 bridgehead atoms. The summed E-state index contributed by atoms with van der Waals surface area (Å²) in [7, 11) is 1.50. The highest BCUT2D eigenvalue weighted by Crippen LogP contribution is 2.27.